The molecule has 116 valence electrons. The number of fused-ring (bicyclic) bond motifs is 1. The van der Waals surface area contributed by atoms with E-state index >= 15 is 0 Å². The van der Waals surface area contributed by atoms with E-state index in [4.69, 9.17) is 14.6 Å². The Morgan fingerprint density at radius 2 is 2.10 bits per heavy atom. The maximum Gasteiger partial charge on any atom is 0.238 e. The van der Waals surface area contributed by atoms with Crippen molar-refractivity contribution in [3.63, 3.8) is 0 Å². The average Bonchev–Trinajstić information content (AvgIpc) is 2.51. The first-order valence-corrected chi connectivity index (χ1v) is 7.26. The van der Waals surface area contributed by atoms with E-state index in [0.717, 1.165) is 6.42 Å². The molecule has 0 saturated carbocycles. The van der Waals surface area contributed by atoms with Crippen molar-refractivity contribution in [2.24, 2.45) is 0 Å². The Morgan fingerprint density at radius 1 is 1.33 bits per heavy atom. The van der Waals surface area contributed by atoms with Gasteiger partial charge in [0, 0.05) is 24.4 Å². The Bertz CT molecular complexity index is 479. The van der Waals surface area contributed by atoms with Gasteiger partial charge in [-0.3, -0.25) is 4.79 Å². The van der Waals surface area contributed by atoms with Gasteiger partial charge in [-0.2, -0.15) is 0 Å². The zero-order valence-electron chi connectivity index (χ0n) is 12.2. The summed E-state index contributed by atoms with van der Waals surface area (Å²) < 4.78 is 10.9. The third-order valence-corrected chi connectivity index (χ3v) is 3.35. The molecule has 1 heterocycles. The van der Waals surface area contributed by atoms with Crippen molar-refractivity contribution < 1.29 is 19.4 Å². The Morgan fingerprint density at radius 3 is 2.81 bits per heavy atom. The number of nitrogens with one attached hydrogen (secondary N) is 2. The maximum atomic E-state index is 11.9. The van der Waals surface area contributed by atoms with Gasteiger partial charge in [-0.1, -0.05) is 6.92 Å². The normalized spacial score (nSPS) is 14.6. The number of aliphatic hydroxyl groups is 1. The molecule has 1 amide bonds. The molecule has 6 heteroatoms. The van der Waals surface area contributed by atoms with Gasteiger partial charge in [0.25, 0.3) is 0 Å². The molecule has 2 rings (SSSR count). The average molecular weight is 294 g/mol. The SMILES string of the molecule is CCC(CCO)NCC(=O)Nc1ccc2c(c1)OCCO2. The number of rotatable bonds is 7. The highest BCUT2D eigenvalue weighted by molar-refractivity contribution is 5.92. The standard InChI is InChI=1S/C15H22N2O4/c1-2-11(5-6-18)16-10-15(19)17-12-3-4-13-14(9-12)21-8-7-20-13/h3-4,9,11,16,18H,2,5-8,10H2,1H3,(H,17,19). The quantitative estimate of drug-likeness (QED) is 0.703. The van der Waals surface area contributed by atoms with Crippen LogP contribution in [0.4, 0.5) is 5.69 Å². The molecule has 1 unspecified atom stereocenters. The molecule has 6 nitrogen and oxygen atoms in total. The van der Waals surface area contributed by atoms with Crippen LogP contribution < -0.4 is 20.1 Å². The second-order valence-electron chi connectivity index (χ2n) is 4.90. The minimum atomic E-state index is -0.122. The number of hydrogen-bond acceptors (Lipinski definition) is 5. The first-order chi connectivity index (χ1) is 10.2. The van der Waals surface area contributed by atoms with Gasteiger partial charge in [0.2, 0.25) is 5.91 Å². The summed E-state index contributed by atoms with van der Waals surface area (Å²) in [5.41, 5.74) is 0.682. The number of aliphatic hydroxyl groups excluding tert-OH is 1. The molecule has 0 saturated heterocycles. The summed E-state index contributed by atoms with van der Waals surface area (Å²) in [6.45, 7) is 3.42. The van der Waals surface area contributed by atoms with Crippen molar-refractivity contribution in [3.8, 4) is 11.5 Å². The molecule has 1 aliphatic heterocycles. The van der Waals surface area contributed by atoms with Crippen molar-refractivity contribution >= 4 is 11.6 Å². The van der Waals surface area contributed by atoms with Crippen molar-refractivity contribution in [2.45, 2.75) is 25.8 Å². The zero-order valence-corrected chi connectivity index (χ0v) is 12.2. The summed E-state index contributed by atoms with van der Waals surface area (Å²) in [5, 5.41) is 14.9. The molecular weight excluding hydrogens is 272 g/mol. The molecule has 0 fully saturated rings. The van der Waals surface area contributed by atoms with Crippen LogP contribution in [0.25, 0.3) is 0 Å². The van der Waals surface area contributed by atoms with Crippen LogP contribution in [-0.4, -0.2) is 43.4 Å². The molecule has 0 bridgehead atoms. The molecule has 0 radical (unpaired) electrons. The van der Waals surface area contributed by atoms with Gasteiger partial charge in [-0.05, 0) is 25.0 Å². The predicted octanol–water partition coefficient (Wildman–Crippen LogP) is 1.15. The van der Waals surface area contributed by atoms with Crippen LogP contribution in [-0.2, 0) is 4.79 Å². The van der Waals surface area contributed by atoms with E-state index in [2.05, 4.69) is 10.6 Å². The lowest BCUT2D eigenvalue weighted by atomic mass is 10.1. The largest absolute Gasteiger partial charge is 0.486 e. The van der Waals surface area contributed by atoms with E-state index in [1.165, 1.54) is 0 Å². The van der Waals surface area contributed by atoms with Gasteiger partial charge >= 0.3 is 0 Å². The molecule has 3 N–H and O–H groups in total. The van der Waals surface area contributed by atoms with Gasteiger partial charge in [0.15, 0.2) is 11.5 Å². The number of amides is 1. The number of ether oxygens (including phenoxy) is 2. The van der Waals surface area contributed by atoms with Crippen molar-refractivity contribution in [2.75, 3.05) is 31.7 Å². The van der Waals surface area contributed by atoms with Gasteiger partial charge < -0.3 is 25.2 Å². The molecule has 1 aromatic rings. The van der Waals surface area contributed by atoms with Gasteiger partial charge in [-0.15, -0.1) is 0 Å². The first kappa shape index (κ1) is 15.6. The smallest absolute Gasteiger partial charge is 0.238 e. The van der Waals surface area contributed by atoms with Crippen molar-refractivity contribution in [1.29, 1.82) is 0 Å². The highest BCUT2D eigenvalue weighted by Gasteiger charge is 2.13. The van der Waals surface area contributed by atoms with Crippen LogP contribution in [0.3, 0.4) is 0 Å². The van der Waals surface area contributed by atoms with Crippen LogP contribution >= 0.6 is 0 Å². The maximum absolute atomic E-state index is 11.9. The lowest BCUT2D eigenvalue weighted by Crippen LogP contribution is -2.36. The summed E-state index contributed by atoms with van der Waals surface area (Å²) in [5.74, 6) is 1.23. The third kappa shape index (κ3) is 4.61. The second kappa shape index (κ2) is 7.85. The highest BCUT2D eigenvalue weighted by Crippen LogP contribution is 2.32. The van der Waals surface area contributed by atoms with Gasteiger partial charge in [0.1, 0.15) is 13.2 Å². The monoisotopic (exact) mass is 294 g/mol. The number of benzene rings is 1. The Kier molecular flexibility index (Phi) is 5.83. The van der Waals surface area contributed by atoms with Crippen LogP contribution in [0.2, 0.25) is 0 Å². The van der Waals surface area contributed by atoms with Crippen LogP contribution in [0.15, 0.2) is 18.2 Å². The summed E-state index contributed by atoms with van der Waals surface area (Å²) in [4.78, 5) is 11.9. The molecule has 0 aliphatic carbocycles. The predicted molar refractivity (Wildman–Crippen MR) is 79.8 cm³/mol. The lowest BCUT2D eigenvalue weighted by Gasteiger charge is -2.19. The molecule has 0 spiro atoms. The molecule has 0 aromatic heterocycles. The minimum absolute atomic E-state index is 0.120. The summed E-state index contributed by atoms with van der Waals surface area (Å²) in [7, 11) is 0. The van der Waals surface area contributed by atoms with E-state index in [-0.39, 0.29) is 25.1 Å². The minimum Gasteiger partial charge on any atom is -0.486 e. The molecular formula is C15H22N2O4. The van der Waals surface area contributed by atoms with Crippen molar-refractivity contribution in [1.82, 2.24) is 5.32 Å². The number of carbonyl (C=O) groups is 1. The van der Waals surface area contributed by atoms with Gasteiger partial charge in [-0.25, -0.2) is 0 Å². The zero-order chi connectivity index (χ0) is 15.1. The second-order valence-corrected chi connectivity index (χ2v) is 4.90. The number of carbonyl (C=O) groups excluding carboxylic acids is 1. The fourth-order valence-electron chi connectivity index (χ4n) is 2.17. The van der Waals surface area contributed by atoms with Crippen LogP contribution in [0.1, 0.15) is 19.8 Å². The fraction of sp³-hybridized carbons (Fsp3) is 0.533. The summed E-state index contributed by atoms with van der Waals surface area (Å²) in [6, 6.07) is 5.49. The molecule has 1 atom stereocenters. The highest BCUT2D eigenvalue weighted by atomic mass is 16.6. The van der Waals surface area contributed by atoms with E-state index in [1.54, 1.807) is 18.2 Å². The van der Waals surface area contributed by atoms with E-state index in [1.807, 2.05) is 6.92 Å². The summed E-state index contributed by atoms with van der Waals surface area (Å²) in [6.07, 6.45) is 1.52. The molecule has 1 aromatic carbocycles. The molecule has 21 heavy (non-hydrogen) atoms. The lowest BCUT2D eigenvalue weighted by molar-refractivity contribution is -0.115. The van der Waals surface area contributed by atoms with E-state index in [0.29, 0.717) is 36.8 Å². The van der Waals surface area contributed by atoms with Crippen molar-refractivity contribution in [3.05, 3.63) is 18.2 Å². The Labute approximate surface area is 124 Å². The Hall–Kier alpha value is -1.79. The fourth-order valence-corrected chi connectivity index (χ4v) is 2.17. The van der Waals surface area contributed by atoms with Crippen LogP contribution in [0, 0.1) is 0 Å². The molecule has 1 aliphatic rings. The van der Waals surface area contributed by atoms with Crippen LogP contribution in [0.5, 0.6) is 11.5 Å². The number of anilines is 1. The Balaban J connectivity index is 1.85. The number of hydrogen-bond donors (Lipinski definition) is 3. The van der Waals surface area contributed by atoms with Gasteiger partial charge in [0.05, 0.1) is 6.54 Å². The summed E-state index contributed by atoms with van der Waals surface area (Å²) >= 11 is 0. The van der Waals surface area contributed by atoms with E-state index in [9.17, 15) is 4.79 Å². The first-order valence-electron chi connectivity index (χ1n) is 7.26. The third-order valence-electron chi connectivity index (χ3n) is 3.35. The topological polar surface area (TPSA) is 79.8 Å². The van der Waals surface area contributed by atoms with E-state index < -0.39 is 0 Å².